The Kier molecular flexibility index (Phi) is 5.30. The van der Waals surface area contributed by atoms with E-state index in [9.17, 15) is 9.59 Å². The number of hydrogen-bond acceptors (Lipinski definition) is 5. The zero-order chi connectivity index (χ0) is 19.7. The normalized spacial score (nSPS) is 15.0. The molecule has 0 radical (unpaired) electrons. The van der Waals surface area contributed by atoms with Crippen LogP contribution in [0.15, 0.2) is 42.5 Å². The number of rotatable bonds is 3. The van der Waals surface area contributed by atoms with E-state index in [0.717, 1.165) is 36.4 Å². The van der Waals surface area contributed by atoms with Crippen LogP contribution in [-0.2, 0) is 0 Å². The quantitative estimate of drug-likeness (QED) is 0.711. The number of carbonyl (C=O) groups excluding carboxylic acids is 2. The van der Waals surface area contributed by atoms with Crippen LogP contribution in [-0.4, -0.2) is 59.8 Å². The Morgan fingerprint density at radius 1 is 1.11 bits per heavy atom. The number of benzene rings is 2. The van der Waals surface area contributed by atoms with Crippen molar-refractivity contribution in [1.82, 2.24) is 14.8 Å². The van der Waals surface area contributed by atoms with Gasteiger partial charge in [0.1, 0.15) is 0 Å². The topological polar surface area (TPSA) is 65.5 Å². The fraction of sp³-hybridized carbons (Fsp3) is 0.250. The van der Waals surface area contributed by atoms with Crippen molar-refractivity contribution >= 4 is 50.1 Å². The molecule has 0 bridgehead atoms. The van der Waals surface area contributed by atoms with Crippen LogP contribution in [0.2, 0.25) is 5.02 Å². The van der Waals surface area contributed by atoms with E-state index in [1.165, 1.54) is 11.3 Å². The maximum absolute atomic E-state index is 12.8. The lowest BCUT2D eigenvalue weighted by atomic mass is 10.1. The minimum atomic E-state index is -0.307. The summed E-state index contributed by atoms with van der Waals surface area (Å²) in [5, 5.41) is 3.65. The number of carbonyl (C=O) groups is 2. The first-order valence-electron chi connectivity index (χ1n) is 8.95. The molecule has 1 aliphatic rings. The molecule has 4 rings (SSSR count). The lowest BCUT2D eigenvalue weighted by Gasteiger charge is -2.32. The van der Waals surface area contributed by atoms with E-state index in [1.54, 1.807) is 30.3 Å². The molecule has 1 aliphatic heterocycles. The molecule has 1 fully saturated rings. The molecule has 2 amide bonds. The van der Waals surface area contributed by atoms with Crippen LogP contribution in [0.4, 0.5) is 5.13 Å². The van der Waals surface area contributed by atoms with Gasteiger partial charge in [0.25, 0.3) is 11.8 Å². The van der Waals surface area contributed by atoms with E-state index in [0.29, 0.717) is 21.3 Å². The van der Waals surface area contributed by atoms with Crippen molar-refractivity contribution in [2.75, 3.05) is 38.5 Å². The number of anilines is 1. The van der Waals surface area contributed by atoms with Crippen molar-refractivity contribution in [3.8, 4) is 0 Å². The minimum absolute atomic E-state index is 0.0325. The predicted molar refractivity (Wildman–Crippen MR) is 112 cm³/mol. The van der Waals surface area contributed by atoms with Crippen molar-refractivity contribution < 1.29 is 9.59 Å². The molecular formula is C20H19ClN4O2S. The number of fused-ring (bicyclic) bond motifs is 1. The Bertz CT molecular complexity index is 1040. The van der Waals surface area contributed by atoms with Crippen LogP contribution in [0.1, 0.15) is 20.7 Å². The SMILES string of the molecule is CN1CCN(C(=O)c2ccc3nc(NC(=O)c4ccccc4Cl)sc3c2)CC1. The Labute approximate surface area is 171 Å². The number of nitrogens with one attached hydrogen (secondary N) is 1. The van der Waals surface area contributed by atoms with Gasteiger partial charge in [0.05, 0.1) is 20.8 Å². The van der Waals surface area contributed by atoms with Crippen molar-refractivity contribution in [2.24, 2.45) is 0 Å². The summed E-state index contributed by atoms with van der Waals surface area (Å²) in [6.45, 7) is 3.23. The van der Waals surface area contributed by atoms with Crippen LogP contribution in [0.3, 0.4) is 0 Å². The average molecular weight is 415 g/mol. The van der Waals surface area contributed by atoms with Crippen LogP contribution < -0.4 is 5.32 Å². The summed E-state index contributed by atoms with van der Waals surface area (Å²) < 4.78 is 0.856. The number of amides is 2. The van der Waals surface area contributed by atoms with Gasteiger partial charge in [0, 0.05) is 31.7 Å². The van der Waals surface area contributed by atoms with Crippen LogP contribution in [0, 0.1) is 0 Å². The van der Waals surface area contributed by atoms with Crippen molar-refractivity contribution in [3.05, 3.63) is 58.6 Å². The first-order chi connectivity index (χ1) is 13.5. The average Bonchev–Trinajstić information content (AvgIpc) is 3.09. The molecule has 28 heavy (non-hydrogen) atoms. The zero-order valence-corrected chi connectivity index (χ0v) is 16.9. The number of piperazine rings is 1. The molecule has 3 aromatic rings. The molecule has 144 valence electrons. The standard InChI is InChI=1S/C20H19ClN4O2S/c1-24-8-10-25(11-9-24)19(27)13-6-7-16-17(12-13)28-20(22-16)23-18(26)14-4-2-3-5-15(14)21/h2-7,12H,8-11H2,1H3,(H,22,23,26). The smallest absolute Gasteiger partial charge is 0.258 e. The third-order valence-electron chi connectivity index (χ3n) is 4.76. The first kappa shape index (κ1) is 18.9. The molecule has 0 atom stereocenters. The summed E-state index contributed by atoms with van der Waals surface area (Å²) in [5.41, 5.74) is 1.79. The van der Waals surface area contributed by atoms with Gasteiger partial charge in [0.15, 0.2) is 5.13 Å². The number of aromatic nitrogens is 1. The molecule has 1 N–H and O–H groups in total. The van der Waals surface area contributed by atoms with Crippen molar-refractivity contribution in [3.63, 3.8) is 0 Å². The first-order valence-corrected chi connectivity index (χ1v) is 10.1. The van der Waals surface area contributed by atoms with E-state index >= 15 is 0 Å². The van der Waals surface area contributed by atoms with Crippen molar-refractivity contribution in [1.29, 1.82) is 0 Å². The number of halogens is 1. The fourth-order valence-electron chi connectivity index (χ4n) is 3.11. The van der Waals surface area contributed by atoms with Gasteiger partial charge in [-0.15, -0.1) is 0 Å². The lowest BCUT2D eigenvalue weighted by molar-refractivity contribution is 0.0664. The van der Waals surface area contributed by atoms with Gasteiger partial charge in [-0.05, 0) is 37.4 Å². The molecule has 0 aliphatic carbocycles. The maximum atomic E-state index is 12.8. The largest absolute Gasteiger partial charge is 0.336 e. The second-order valence-corrected chi connectivity index (χ2v) is 8.17. The molecule has 6 nitrogen and oxygen atoms in total. The third kappa shape index (κ3) is 3.87. The summed E-state index contributed by atoms with van der Waals surface area (Å²) in [7, 11) is 2.06. The van der Waals surface area contributed by atoms with E-state index in [2.05, 4.69) is 22.2 Å². The fourth-order valence-corrected chi connectivity index (χ4v) is 4.23. The van der Waals surface area contributed by atoms with E-state index in [4.69, 9.17) is 11.6 Å². The number of hydrogen-bond donors (Lipinski definition) is 1. The number of thiazole rings is 1. The summed E-state index contributed by atoms with van der Waals surface area (Å²) in [6, 6.07) is 12.3. The van der Waals surface area contributed by atoms with Gasteiger partial charge in [0.2, 0.25) is 0 Å². The second kappa shape index (κ2) is 7.87. The molecular weight excluding hydrogens is 396 g/mol. The van der Waals surface area contributed by atoms with Crippen LogP contribution in [0.25, 0.3) is 10.2 Å². The summed E-state index contributed by atoms with van der Waals surface area (Å²) >= 11 is 7.42. The second-order valence-electron chi connectivity index (χ2n) is 6.73. The monoisotopic (exact) mass is 414 g/mol. The van der Waals surface area contributed by atoms with E-state index in [1.807, 2.05) is 17.0 Å². The Morgan fingerprint density at radius 2 is 1.86 bits per heavy atom. The Morgan fingerprint density at radius 3 is 2.61 bits per heavy atom. The highest BCUT2D eigenvalue weighted by Crippen LogP contribution is 2.28. The molecule has 1 saturated heterocycles. The highest BCUT2D eigenvalue weighted by Gasteiger charge is 2.21. The van der Waals surface area contributed by atoms with E-state index < -0.39 is 0 Å². The van der Waals surface area contributed by atoms with Crippen LogP contribution in [0.5, 0.6) is 0 Å². The number of likely N-dealkylation sites (N-methyl/N-ethyl adjacent to an activating group) is 1. The maximum Gasteiger partial charge on any atom is 0.258 e. The zero-order valence-electron chi connectivity index (χ0n) is 15.3. The van der Waals surface area contributed by atoms with Gasteiger partial charge < -0.3 is 9.80 Å². The summed E-state index contributed by atoms with van der Waals surface area (Å²) in [5.74, 6) is -0.275. The minimum Gasteiger partial charge on any atom is -0.336 e. The number of nitrogens with zero attached hydrogens (tertiary/aromatic N) is 3. The molecule has 2 heterocycles. The van der Waals surface area contributed by atoms with Crippen molar-refractivity contribution in [2.45, 2.75) is 0 Å². The highest BCUT2D eigenvalue weighted by atomic mass is 35.5. The molecule has 1 aromatic heterocycles. The molecule has 0 unspecified atom stereocenters. The Balaban J connectivity index is 1.53. The Hall–Kier alpha value is -2.48. The lowest BCUT2D eigenvalue weighted by Crippen LogP contribution is -2.47. The van der Waals surface area contributed by atoms with E-state index in [-0.39, 0.29) is 11.8 Å². The predicted octanol–water partition coefficient (Wildman–Crippen LogP) is 3.59. The van der Waals surface area contributed by atoms with Gasteiger partial charge in [-0.1, -0.05) is 35.1 Å². The van der Waals surface area contributed by atoms with Gasteiger partial charge in [-0.25, -0.2) is 4.98 Å². The van der Waals surface area contributed by atoms with Gasteiger partial charge in [-0.2, -0.15) is 0 Å². The highest BCUT2D eigenvalue weighted by molar-refractivity contribution is 7.22. The molecule has 8 heteroatoms. The third-order valence-corrected chi connectivity index (χ3v) is 6.03. The molecule has 0 spiro atoms. The summed E-state index contributed by atoms with van der Waals surface area (Å²) in [6.07, 6.45) is 0. The van der Waals surface area contributed by atoms with Gasteiger partial charge in [-0.3, -0.25) is 14.9 Å². The van der Waals surface area contributed by atoms with Gasteiger partial charge >= 0.3 is 0 Å². The molecule has 0 saturated carbocycles. The van der Waals surface area contributed by atoms with Crippen LogP contribution >= 0.6 is 22.9 Å². The molecule has 2 aromatic carbocycles. The summed E-state index contributed by atoms with van der Waals surface area (Å²) in [4.78, 5) is 33.7.